The Kier molecular flexibility index (Phi) is 4.79. The highest BCUT2D eigenvalue weighted by molar-refractivity contribution is 5.84. The van der Waals surface area contributed by atoms with Gasteiger partial charge in [0.25, 0.3) is 0 Å². The van der Waals surface area contributed by atoms with Crippen LogP contribution in [0.25, 0.3) is 10.9 Å². The molecule has 8 nitrogen and oxygen atoms in total. The molecule has 0 saturated carbocycles. The fraction of sp³-hybridized carbons (Fsp3) is 0.409. The highest BCUT2D eigenvalue weighted by Gasteiger charge is 2.35. The van der Waals surface area contributed by atoms with Gasteiger partial charge in [-0.25, -0.2) is 15.0 Å². The molecule has 2 aliphatic rings. The van der Waals surface area contributed by atoms with Gasteiger partial charge in [0.1, 0.15) is 11.3 Å². The Morgan fingerprint density at radius 1 is 1.07 bits per heavy atom. The van der Waals surface area contributed by atoms with E-state index < -0.39 is 0 Å². The first-order valence-electron chi connectivity index (χ1n) is 10.3. The molecule has 0 atom stereocenters. The number of nitriles is 1. The van der Waals surface area contributed by atoms with Crippen molar-refractivity contribution in [2.75, 3.05) is 43.1 Å². The molecule has 0 spiro atoms. The summed E-state index contributed by atoms with van der Waals surface area (Å²) in [6.07, 6.45) is 7.14. The standard InChI is InChI=1S/C22H23N7O/c1-30-18-4-2-3-16-12-26-22(27-19(16)18)29-13-17(14-29)20-21(25-8-7-24-20)28-9-5-15(11-23)6-10-28/h2-4,7-8,12,15,17H,5-6,9-10,13-14H2,1H3. The van der Waals surface area contributed by atoms with Crippen LogP contribution in [0.1, 0.15) is 24.5 Å². The van der Waals surface area contributed by atoms with E-state index in [0.717, 1.165) is 67.2 Å². The van der Waals surface area contributed by atoms with Crippen molar-refractivity contribution in [3.8, 4) is 11.8 Å². The number of nitrogens with zero attached hydrogens (tertiary/aromatic N) is 7. The summed E-state index contributed by atoms with van der Waals surface area (Å²) in [6, 6.07) is 8.24. The van der Waals surface area contributed by atoms with Crippen LogP contribution >= 0.6 is 0 Å². The van der Waals surface area contributed by atoms with E-state index in [9.17, 15) is 0 Å². The minimum atomic E-state index is 0.155. The Bertz CT molecular complexity index is 1100. The van der Waals surface area contributed by atoms with Gasteiger partial charge in [-0.05, 0) is 18.9 Å². The van der Waals surface area contributed by atoms with Crippen LogP contribution in [0, 0.1) is 17.2 Å². The van der Waals surface area contributed by atoms with Gasteiger partial charge in [0, 0.05) is 62.0 Å². The van der Waals surface area contributed by atoms with Crippen LogP contribution in [0.2, 0.25) is 0 Å². The van der Waals surface area contributed by atoms with Gasteiger partial charge >= 0.3 is 0 Å². The highest BCUT2D eigenvalue weighted by atomic mass is 16.5. The number of anilines is 2. The Balaban J connectivity index is 1.33. The smallest absolute Gasteiger partial charge is 0.226 e. The van der Waals surface area contributed by atoms with Crippen LogP contribution in [0.15, 0.2) is 36.8 Å². The Morgan fingerprint density at radius 2 is 1.87 bits per heavy atom. The molecule has 0 aliphatic carbocycles. The van der Waals surface area contributed by atoms with E-state index in [2.05, 4.69) is 30.8 Å². The Morgan fingerprint density at radius 3 is 2.63 bits per heavy atom. The molecule has 30 heavy (non-hydrogen) atoms. The van der Waals surface area contributed by atoms with E-state index >= 15 is 0 Å². The first kappa shape index (κ1) is 18.6. The van der Waals surface area contributed by atoms with Crippen LogP contribution < -0.4 is 14.5 Å². The van der Waals surface area contributed by atoms with E-state index in [4.69, 9.17) is 15.0 Å². The van der Waals surface area contributed by atoms with Crippen molar-refractivity contribution in [1.82, 2.24) is 19.9 Å². The van der Waals surface area contributed by atoms with E-state index in [0.29, 0.717) is 11.9 Å². The summed E-state index contributed by atoms with van der Waals surface area (Å²) < 4.78 is 5.45. The predicted molar refractivity (Wildman–Crippen MR) is 114 cm³/mol. The van der Waals surface area contributed by atoms with Gasteiger partial charge in [0.15, 0.2) is 5.82 Å². The normalized spacial score (nSPS) is 17.6. The maximum absolute atomic E-state index is 9.15. The topological polar surface area (TPSA) is 91.1 Å². The Hall–Kier alpha value is -3.47. The zero-order chi connectivity index (χ0) is 20.5. The second-order valence-electron chi connectivity index (χ2n) is 7.83. The third kappa shape index (κ3) is 3.26. The molecule has 8 heteroatoms. The number of benzene rings is 1. The molecule has 2 aliphatic heterocycles. The van der Waals surface area contributed by atoms with Crippen LogP contribution in [0.3, 0.4) is 0 Å². The number of para-hydroxylation sites is 1. The fourth-order valence-corrected chi connectivity index (χ4v) is 4.24. The third-order valence-corrected chi connectivity index (χ3v) is 6.02. The largest absolute Gasteiger partial charge is 0.494 e. The van der Waals surface area contributed by atoms with Gasteiger partial charge in [0.2, 0.25) is 5.95 Å². The third-order valence-electron chi connectivity index (χ3n) is 6.02. The lowest BCUT2D eigenvalue weighted by Crippen LogP contribution is -2.47. The van der Waals surface area contributed by atoms with Crippen molar-refractivity contribution in [3.63, 3.8) is 0 Å². The van der Waals surface area contributed by atoms with E-state index in [1.165, 1.54) is 0 Å². The molecule has 2 saturated heterocycles. The lowest BCUT2D eigenvalue weighted by Gasteiger charge is -2.40. The van der Waals surface area contributed by atoms with Gasteiger partial charge in [0.05, 0.1) is 18.9 Å². The first-order valence-corrected chi connectivity index (χ1v) is 10.3. The molecule has 1 aromatic carbocycles. The lowest BCUT2D eigenvalue weighted by molar-refractivity contribution is 0.418. The number of hydrogen-bond donors (Lipinski definition) is 0. The summed E-state index contributed by atoms with van der Waals surface area (Å²) >= 11 is 0. The molecule has 5 rings (SSSR count). The number of methoxy groups -OCH3 is 1. The molecule has 4 heterocycles. The zero-order valence-electron chi connectivity index (χ0n) is 16.9. The molecule has 0 N–H and O–H groups in total. The zero-order valence-corrected chi connectivity index (χ0v) is 16.9. The fourth-order valence-electron chi connectivity index (χ4n) is 4.24. The minimum absolute atomic E-state index is 0.155. The van der Waals surface area contributed by atoms with Gasteiger partial charge in [-0.3, -0.25) is 4.98 Å². The molecule has 0 amide bonds. The van der Waals surface area contributed by atoms with Crippen molar-refractivity contribution in [3.05, 3.63) is 42.5 Å². The molecular formula is C22H23N7O. The summed E-state index contributed by atoms with van der Waals surface area (Å²) in [4.78, 5) is 23.0. The van der Waals surface area contributed by atoms with E-state index in [1.807, 2.05) is 24.4 Å². The van der Waals surface area contributed by atoms with Crippen LogP contribution in [-0.4, -0.2) is 53.2 Å². The quantitative estimate of drug-likeness (QED) is 0.659. The summed E-state index contributed by atoms with van der Waals surface area (Å²) in [5.41, 5.74) is 1.86. The number of aromatic nitrogens is 4. The maximum atomic E-state index is 9.15. The molecule has 2 fully saturated rings. The van der Waals surface area contributed by atoms with Crippen LogP contribution in [-0.2, 0) is 0 Å². The monoisotopic (exact) mass is 401 g/mol. The lowest BCUT2D eigenvalue weighted by atomic mass is 9.94. The average Bonchev–Trinajstić information content (AvgIpc) is 2.78. The number of rotatable bonds is 4. The average molecular weight is 401 g/mol. The molecule has 2 aromatic heterocycles. The van der Waals surface area contributed by atoms with Crippen molar-refractivity contribution in [2.24, 2.45) is 5.92 Å². The molecule has 0 bridgehead atoms. The summed E-state index contributed by atoms with van der Waals surface area (Å²) in [6.45, 7) is 3.32. The SMILES string of the molecule is COc1cccc2cnc(N3CC(c4nccnc4N4CCC(C#N)CC4)C3)nc12. The van der Waals surface area contributed by atoms with Gasteiger partial charge in [-0.1, -0.05) is 12.1 Å². The summed E-state index contributed by atoms with van der Waals surface area (Å²) in [7, 11) is 1.66. The molecule has 0 radical (unpaired) electrons. The summed E-state index contributed by atoms with van der Waals surface area (Å²) in [5, 5.41) is 10.1. The van der Waals surface area contributed by atoms with Crippen LogP contribution in [0.5, 0.6) is 5.75 Å². The molecule has 0 unspecified atom stereocenters. The number of fused-ring (bicyclic) bond motifs is 1. The first-order chi connectivity index (χ1) is 14.8. The van der Waals surface area contributed by atoms with Crippen molar-refractivity contribution >= 4 is 22.7 Å². The molecule has 3 aromatic rings. The number of ether oxygens (including phenoxy) is 1. The van der Waals surface area contributed by atoms with E-state index in [1.54, 1.807) is 19.5 Å². The second-order valence-corrected chi connectivity index (χ2v) is 7.83. The number of hydrogen-bond acceptors (Lipinski definition) is 8. The van der Waals surface area contributed by atoms with E-state index in [-0.39, 0.29) is 5.92 Å². The van der Waals surface area contributed by atoms with Gasteiger partial charge in [-0.15, -0.1) is 0 Å². The molecular weight excluding hydrogens is 378 g/mol. The van der Waals surface area contributed by atoms with Crippen molar-refractivity contribution < 1.29 is 4.74 Å². The predicted octanol–water partition coefficient (Wildman–Crippen LogP) is 2.77. The van der Waals surface area contributed by atoms with Gasteiger partial charge in [-0.2, -0.15) is 5.26 Å². The number of piperidine rings is 1. The maximum Gasteiger partial charge on any atom is 0.226 e. The Labute approximate surface area is 175 Å². The van der Waals surface area contributed by atoms with Crippen molar-refractivity contribution in [2.45, 2.75) is 18.8 Å². The van der Waals surface area contributed by atoms with Crippen LogP contribution in [0.4, 0.5) is 11.8 Å². The molecule has 152 valence electrons. The van der Waals surface area contributed by atoms with Gasteiger partial charge < -0.3 is 14.5 Å². The summed E-state index contributed by atoms with van der Waals surface area (Å²) in [5.74, 6) is 2.87. The minimum Gasteiger partial charge on any atom is -0.494 e. The highest BCUT2D eigenvalue weighted by Crippen LogP contribution is 2.35. The second kappa shape index (κ2) is 7.75. The van der Waals surface area contributed by atoms with Crippen molar-refractivity contribution in [1.29, 1.82) is 5.26 Å².